The summed E-state index contributed by atoms with van der Waals surface area (Å²) in [5.74, 6) is 0. The van der Waals surface area contributed by atoms with E-state index in [1.807, 2.05) is 6.07 Å². The number of hydrogen-bond acceptors (Lipinski definition) is 4. The summed E-state index contributed by atoms with van der Waals surface area (Å²) in [6.07, 6.45) is 4.81. The predicted molar refractivity (Wildman–Crippen MR) is 72.8 cm³/mol. The molecule has 5 heteroatoms. The van der Waals surface area contributed by atoms with Gasteiger partial charge in [0.2, 0.25) is 0 Å². The molecule has 1 fully saturated rings. The van der Waals surface area contributed by atoms with Crippen LogP contribution in [0, 0.1) is 10.1 Å². The fourth-order valence-corrected chi connectivity index (χ4v) is 2.76. The Balaban J connectivity index is 2.32. The largest absolute Gasteiger partial charge is 0.398 e. The normalized spacial score (nSPS) is 15.8. The summed E-state index contributed by atoms with van der Waals surface area (Å²) < 4.78 is 0. The number of nitrogens with zero attached hydrogens (tertiary/aromatic N) is 2. The lowest BCUT2D eigenvalue weighted by Gasteiger charge is -2.30. The fourth-order valence-electron chi connectivity index (χ4n) is 2.76. The van der Waals surface area contributed by atoms with Crippen molar-refractivity contribution in [2.75, 3.05) is 17.2 Å². The second-order valence-electron chi connectivity index (χ2n) is 4.76. The lowest BCUT2D eigenvalue weighted by Crippen LogP contribution is -2.33. The van der Waals surface area contributed by atoms with Crippen molar-refractivity contribution >= 4 is 17.1 Å². The van der Waals surface area contributed by atoms with E-state index >= 15 is 0 Å². The van der Waals surface area contributed by atoms with Crippen LogP contribution in [0.4, 0.5) is 17.1 Å². The molecule has 0 bridgehead atoms. The minimum absolute atomic E-state index is 0.0708. The van der Waals surface area contributed by atoms with Gasteiger partial charge in [-0.1, -0.05) is 12.8 Å². The zero-order chi connectivity index (χ0) is 13.1. The van der Waals surface area contributed by atoms with E-state index in [1.54, 1.807) is 6.07 Å². The van der Waals surface area contributed by atoms with Gasteiger partial charge in [0.05, 0.1) is 4.92 Å². The van der Waals surface area contributed by atoms with Crippen LogP contribution in [-0.4, -0.2) is 17.5 Å². The van der Waals surface area contributed by atoms with Crippen molar-refractivity contribution < 1.29 is 4.92 Å². The number of non-ortho nitro benzene ring substituents is 1. The molecule has 18 heavy (non-hydrogen) atoms. The van der Waals surface area contributed by atoms with Crippen molar-refractivity contribution in [1.29, 1.82) is 0 Å². The highest BCUT2D eigenvalue weighted by Gasteiger charge is 2.23. The number of benzene rings is 1. The Kier molecular flexibility index (Phi) is 3.69. The standard InChI is InChI=1S/C13H19N3O2/c1-2-15(11-5-3-4-6-11)12-7-10(14)8-13(9-12)16(17)18/h7-9,11H,2-6,14H2,1H3. The second kappa shape index (κ2) is 5.25. The van der Waals surface area contributed by atoms with Crippen LogP contribution in [0.5, 0.6) is 0 Å². The van der Waals surface area contributed by atoms with Crippen LogP contribution in [0.2, 0.25) is 0 Å². The molecule has 0 aromatic heterocycles. The van der Waals surface area contributed by atoms with Crippen LogP contribution in [0.25, 0.3) is 0 Å². The number of anilines is 2. The van der Waals surface area contributed by atoms with Crippen LogP contribution >= 0.6 is 0 Å². The van der Waals surface area contributed by atoms with Gasteiger partial charge in [0.1, 0.15) is 0 Å². The highest BCUT2D eigenvalue weighted by molar-refractivity contribution is 5.63. The third kappa shape index (κ3) is 2.55. The fraction of sp³-hybridized carbons (Fsp3) is 0.538. The lowest BCUT2D eigenvalue weighted by molar-refractivity contribution is -0.384. The third-order valence-electron chi connectivity index (χ3n) is 3.57. The van der Waals surface area contributed by atoms with Crippen molar-refractivity contribution in [2.24, 2.45) is 0 Å². The van der Waals surface area contributed by atoms with E-state index in [4.69, 9.17) is 5.73 Å². The van der Waals surface area contributed by atoms with Crippen LogP contribution in [0.15, 0.2) is 18.2 Å². The summed E-state index contributed by atoms with van der Waals surface area (Å²) >= 11 is 0. The van der Waals surface area contributed by atoms with Gasteiger partial charge in [0, 0.05) is 36.1 Å². The maximum atomic E-state index is 10.9. The number of nitrogens with two attached hydrogens (primary N) is 1. The summed E-state index contributed by atoms with van der Waals surface area (Å²) in [6, 6.07) is 5.36. The van der Waals surface area contributed by atoms with Gasteiger partial charge < -0.3 is 10.6 Å². The van der Waals surface area contributed by atoms with E-state index in [0.717, 1.165) is 25.1 Å². The molecule has 0 heterocycles. The van der Waals surface area contributed by atoms with Crippen LogP contribution in [0.1, 0.15) is 32.6 Å². The molecule has 0 unspecified atom stereocenters. The monoisotopic (exact) mass is 249 g/mol. The smallest absolute Gasteiger partial charge is 0.273 e. The molecule has 1 aliphatic carbocycles. The molecule has 0 aliphatic heterocycles. The Morgan fingerprint density at radius 2 is 2.06 bits per heavy atom. The van der Waals surface area contributed by atoms with Crippen LogP contribution in [0.3, 0.4) is 0 Å². The van der Waals surface area contributed by atoms with Crippen molar-refractivity contribution in [3.05, 3.63) is 28.3 Å². The van der Waals surface area contributed by atoms with Crippen molar-refractivity contribution in [1.82, 2.24) is 0 Å². The van der Waals surface area contributed by atoms with E-state index in [0.29, 0.717) is 11.7 Å². The Morgan fingerprint density at radius 3 is 2.61 bits per heavy atom. The predicted octanol–water partition coefficient (Wildman–Crippen LogP) is 2.95. The lowest BCUT2D eigenvalue weighted by atomic mass is 10.1. The van der Waals surface area contributed by atoms with Crippen molar-refractivity contribution in [3.8, 4) is 0 Å². The van der Waals surface area contributed by atoms with Crippen molar-refractivity contribution in [3.63, 3.8) is 0 Å². The highest BCUT2D eigenvalue weighted by Crippen LogP contribution is 2.31. The van der Waals surface area contributed by atoms with Gasteiger partial charge in [0.15, 0.2) is 0 Å². The molecule has 1 aliphatic rings. The van der Waals surface area contributed by atoms with Gasteiger partial charge in [-0.2, -0.15) is 0 Å². The molecular formula is C13H19N3O2. The molecular weight excluding hydrogens is 230 g/mol. The zero-order valence-electron chi connectivity index (χ0n) is 10.6. The summed E-state index contributed by atoms with van der Waals surface area (Å²) in [5, 5.41) is 10.9. The van der Waals surface area contributed by atoms with Crippen LogP contribution < -0.4 is 10.6 Å². The first-order chi connectivity index (χ1) is 8.61. The Labute approximate surface area is 107 Å². The molecule has 0 amide bonds. The number of nitro groups is 1. The summed E-state index contributed by atoms with van der Waals surface area (Å²) in [6.45, 7) is 2.93. The van der Waals surface area contributed by atoms with Crippen molar-refractivity contribution in [2.45, 2.75) is 38.6 Å². The third-order valence-corrected chi connectivity index (χ3v) is 3.57. The van der Waals surface area contributed by atoms with E-state index in [2.05, 4.69) is 11.8 Å². The van der Waals surface area contributed by atoms with Gasteiger partial charge in [-0.3, -0.25) is 10.1 Å². The molecule has 0 atom stereocenters. The first kappa shape index (κ1) is 12.7. The number of rotatable bonds is 4. The maximum Gasteiger partial charge on any atom is 0.273 e. The minimum atomic E-state index is -0.387. The Morgan fingerprint density at radius 1 is 1.39 bits per heavy atom. The zero-order valence-corrected chi connectivity index (χ0v) is 10.6. The van der Waals surface area contributed by atoms with Gasteiger partial charge in [-0.15, -0.1) is 0 Å². The highest BCUT2D eigenvalue weighted by atomic mass is 16.6. The van der Waals surface area contributed by atoms with E-state index in [9.17, 15) is 10.1 Å². The van der Waals surface area contributed by atoms with Gasteiger partial charge in [-0.05, 0) is 25.8 Å². The number of nitro benzene ring substituents is 1. The Hall–Kier alpha value is -1.78. The molecule has 1 saturated carbocycles. The summed E-state index contributed by atoms with van der Waals surface area (Å²) in [4.78, 5) is 12.7. The average molecular weight is 249 g/mol. The first-order valence-electron chi connectivity index (χ1n) is 6.43. The molecule has 0 radical (unpaired) electrons. The molecule has 5 nitrogen and oxygen atoms in total. The van der Waals surface area contributed by atoms with Gasteiger partial charge in [0.25, 0.3) is 5.69 Å². The molecule has 98 valence electrons. The molecule has 0 saturated heterocycles. The first-order valence-corrected chi connectivity index (χ1v) is 6.43. The molecule has 1 aromatic carbocycles. The van der Waals surface area contributed by atoms with Gasteiger partial charge in [-0.25, -0.2) is 0 Å². The van der Waals surface area contributed by atoms with Crippen LogP contribution in [-0.2, 0) is 0 Å². The minimum Gasteiger partial charge on any atom is -0.398 e. The maximum absolute atomic E-state index is 10.9. The topological polar surface area (TPSA) is 72.4 Å². The SMILES string of the molecule is CCN(c1cc(N)cc([N+](=O)[O-])c1)C1CCCC1. The van der Waals surface area contributed by atoms with E-state index in [1.165, 1.54) is 18.9 Å². The molecule has 0 spiro atoms. The summed E-state index contributed by atoms with van der Waals surface area (Å²) in [7, 11) is 0. The molecule has 2 N–H and O–H groups in total. The van der Waals surface area contributed by atoms with E-state index in [-0.39, 0.29) is 10.6 Å². The molecule has 1 aromatic rings. The Bertz CT molecular complexity index is 442. The average Bonchev–Trinajstić information content (AvgIpc) is 2.83. The number of hydrogen-bond donors (Lipinski definition) is 1. The second-order valence-corrected chi connectivity index (χ2v) is 4.76. The van der Waals surface area contributed by atoms with Gasteiger partial charge >= 0.3 is 0 Å². The molecule has 2 rings (SSSR count). The summed E-state index contributed by atoms with van der Waals surface area (Å²) in [5.41, 5.74) is 7.15. The number of nitrogen functional groups attached to an aromatic ring is 1. The van der Waals surface area contributed by atoms with E-state index < -0.39 is 0 Å². The quantitative estimate of drug-likeness (QED) is 0.506.